The maximum Gasteiger partial charge on any atom is 0.228 e. The van der Waals surface area contributed by atoms with Gasteiger partial charge in [-0.2, -0.15) is 0 Å². The Morgan fingerprint density at radius 2 is 1.53 bits per heavy atom. The van der Waals surface area contributed by atoms with Gasteiger partial charge in [0, 0.05) is 19.6 Å². The van der Waals surface area contributed by atoms with Crippen LogP contribution in [0.2, 0.25) is 0 Å². The maximum atomic E-state index is 12.9. The smallest absolute Gasteiger partial charge is 0.228 e. The lowest BCUT2D eigenvalue weighted by molar-refractivity contribution is 0.262. The average molecular weight is 426 g/mol. The van der Waals surface area contributed by atoms with Crippen molar-refractivity contribution in [3.05, 3.63) is 83.7 Å². The number of imidazole rings is 1. The third-order valence-corrected chi connectivity index (χ3v) is 7.40. The molecule has 0 radical (unpaired) electrons. The molecule has 1 heterocycles. The summed E-state index contributed by atoms with van der Waals surface area (Å²) in [6.45, 7) is 8.46. The molecular formula is C24H31N3O2S. The van der Waals surface area contributed by atoms with E-state index < -0.39 is 15.1 Å². The maximum absolute atomic E-state index is 12.9. The standard InChI is InChI=1S/C24H31N3O2S/c1-4-26(18-22-13-9-6-10-14-22)19-23-17-25-24(30(28,29)20(2)3)27(23)16-15-21-11-7-5-8-12-21/h5-14,17,20H,4,15-16,18-19H2,1-3H3. The molecule has 1 aromatic heterocycles. The molecule has 0 aliphatic carbocycles. The highest BCUT2D eigenvalue weighted by atomic mass is 32.2. The summed E-state index contributed by atoms with van der Waals surface area (Å²) in [7, 11) is -3.46. The van der Waals surface area contributed by atoms with Gasteiger partial charge in [-0.05, 0) is 37.9 Å². The molecule has 0 saturated heterocycles. The molecule has 30 heavy (non-hydrogen) atoms. The second kappa shape index (κ2) is 10.0. The van der Waals surface area contributed by atoms with Gasteiger partial charge in [-0.15, -0.1) is 0 Å². The third kappa shape index (κ3) is 5.37. The zero-order chi connectivity index (χ0) is 21.6. The number of nitrogens with zero attached hydrogens (tertiary/aromatic N) is 3. The molecule has 0 unspecified atom stereocenters. The van der Waals surface area contributed by atoms with E-state index in [9.17, 15) is 8.42 Å². The van der Waals surface area contributed by atoms with Gasteiger partial charge in [0.05, 0.1) is 17.1 Å². The van der Waals surface area contributed by atoms with Gasteiger partial charge in [-0.25, -0.2) is 13.4 Å². The van der Waals surface area contributed by atoms with Crippen molar-refractivity contribution < 1.29 is 8.42 Å². The van der Waals surface area contributed by atoms with Crippen LogP contribution < -0.4 is 0 Å². The Morgan fingerprint density at radius 1 is 0.933 bits per heavy atom. The van der Waals surface area contributed by atoms with Crippen LogP contribution in [0.15, 0.2) is 72.0 Å². The van der Waals surface area contributed by atoms with E-state index in [0.717, 1.165) is 25.2 Å². The largest absolute Gasteiger partial charge is 0.317 e. The number of rotatable bonds is 10. The van der Waals surface area contributed by atoms with Crippen LogP contribution in [0.4, 0.5) is 0 Å². The Morgan fingerprint density at radius 3 is 2.10 bits per heavy atom. The average Bonchev–Trinajstić information content (AvgIpc) is 3.16. The van der Waals surface area contributed by atoms with Crippen LogP contribution in [0.25, 0.3) is 0 Å². The van der Waals surface area contributed by atoms with Crippen LogP contribution in [-0.2, 0) is 35.9 Å². The number of hydrogen-bond donors (Lipinski definition) is 0. The summed E-state index contributed by atoms with van der Waals surface area (Å²) in [5.74, 6) is 0. The highest BCUT2D eigenvalue weighted by molar-refractivity contribution is 7.91. The summed E-state index contributed by atoms with van der Waals surface area (Å²) < 4.78 is 27.8. The Hall–Kier alpha value is -2.44. The summed E-state index contributed by atoms with van der Waals surface area (Å²) >= 11 is 0. The molecule has 0 aliphatic rings. The predicted molar refractivity (Wildman–Crippen MR) is 121 cm³/mol. The van der Waals surface area contributed by atoms with Gasteiger partial charge in [0.2, 0.25) is 15.0 Å². The summed E-state index contributed by atoms with van der Waals surface area (Å²) in [6.07, 6.45) is 2.49. The Labute approximate surface area is 180 Å². The van der Waals surface area contributed by atoms with Crippen molar-refractivity contribution in [2.45, 2.75) is 57.2 Å². The quantitative estimate of drug-likeness (QED) is 0.485. The number of aromatic nitrogens is 2. The Balaban J connectivity index is 1.87. The molecule has 0 amide bonds. The van der Waals surface area contributed by atoms with Crippen molar-refractivity contribution in [3.63, 3.8) is 0 Å². The molecule has 0 N–H and O–H groups in total. The molecular weight excluding hydrogens is 394 g/mol. The van der Waals surface area contributed by atoms with Crippen molar-refractivity contribution in [1.29, 1.82) is 0 Å². The molecule has 160 valence electrons. The molecule has 0 fully saturated rings. The Kier molecular flexibility index (Phi) is 7.45. The third-order valence-electron chi connectivity index (χ3n) is 5.33. The van der Waals surface area contributed by atoms with Crippen LogP contribution in [-0.4, -0.2) is 34.7 Å². The minimum Gasteiger partial charge on any atom is -0.317 e. The van der Waals surface area contributed by atoms with E-state index in [1.807, 2.05) is 41.0 Å². The molecule has 0 bridgehead atoms. The van der Waals surface area contributed by atoms with E-state index in [4.69, 9.17) is 0 Å². The van der Waals surface area contributed by atoms with E-state index in [1.54, 1.807) is 20.0 Å². The second-order valence-corrected chi connectivity index (χ2v) is 10.2. The van der Waals surface area contributed by atoms with Gasteiger partial charge in [0.1, 0.15) is 0 Å². The summed E-state index contributed by atoms with van der Waals surface area (Å²) in [4.78, 5) is 6.67. The number of benzene rings is 2. The normalized spacial score (nSPS) is 12.0. The number of sulfone groups is 1. The lowest BCUT2D eigenvalue weighted by atomic mass is 10.1. The van der Waals surface area contributed by atoms with Crippen LogP contribution in [0.5, 0.6) is 0 Å². The van der Waals surface area contributed by atoms with Gasteiger partial charge in [0.15, 0.2) is 0 Å². The molecule has 6 heteroatoms. The zero-order valence-electron chi connectivity index (χ0n) is 18.0. The van der Waals surface area contributed by atoms with Crippen molar-refractivity contribution >= 4 is 9.84 Å². The van der Waals surface area contributed by atoms with Gasteiger partial charge in [-0.3, -0.25) is 4.90 Å². The van der Waals surface area contributed by atoms with Crippen LogP contribution in [0.1, 0.15) is 37.6 Å². The van der Waals surface area contributed by atoms with Crippen LogP contribution >= 0.6 is 0 Å². The lowest BCUT2D eigenvalue weighted by Gasteiger charge is -2.22. The minimum atomic E-state index is -3.46. The zero-order valence-corrected chi connectivity index (χ0v) is 18.8. The van der Waals surface area contributed by atoms with Crippen molar-refractivity contribution in [2.24, 2.45) is 0 Å². The lowest BCUT2D eigenvalue weighted by Crippen LogP contribution is -2.26. The summed E-state index contributed by atoms with van der Waals surface area (Å²) in [6, 6.07) is 20.5. The molecule has 3 rings (SSSR count). The highest BCUT2D eigenvalue weighted by Gasteiger charge is 2.27. The molecule has 0 spiro atoms. The molecule has 3 aromatic rings. The SMILES string of the molecule is CCN(Cc1ccccc1)Cc1cnc(S(=O)(=O)C(C)C)n1CCc1ccccc1. The van der Waals surface area contributed by atoms with Crippen molar-refractivity contribution in [1.82, 2.24) is 14.5 Å². The van der Waals surface area contributed by atoms with E-state index >= 15 is 0 Å². The highest BCUT2D eigenvalue weighted by Crippen LogP contribution is 2.20. The first-order valence-corrected chi connectivity index (χ1v) is 12.0. The minimum absolute atomic E-state index is 0.180. The molecule has 0 saturated carbocycles. The predicted octanol–water partition coefficient (Wildman–Crippen LogP) is 4.33. The van der Waals surface area contributed by atoms with Crippen molar-refractivity contribution in [3.8, 4) is 0 Å². The fourth-order valence-corrected chi connectivity index (χ4v) is 4.57. The van der Waals surface area contributed by atoms with Gasteiger partial charge < -0.3 is 4.57 Å². The molecule has 5 nitrogen and oxygen atoms in total. The van der Waals surface area contributed by atoms with Crippen LogP contribution in [0.3, 0.4) is 0 Å². The van der Waals surface area contributed by atoms with Gasteiger partial charge in [-0.1, -0.05) is 67.6 Å². The summed E-state index contributed by atoms with van der Waals surface area (Å²) in [5, 5.41) is -0.325. The number of hydrogen-bond acceptors (Lipinski definition) is 4. The molecule has 0 atom stereocenters. The topological polar surface area (TPSA) is 55.2 Å². The van der Waals surface area contributed by atoms with Gasteiger partial charge in [0.25, 0.3) is 0 Å². The van der Waals surface area contributed by atoms with E-state index in [1.165, 1.54) is 11.1 Å². The number of aryl methyl sites for hydroxylation is 1. The molecule has 0 aliphatic heterocycles. The van der Waals surface area contributed by atoms with Crippen LogP contribution in [0, 0.1) is 0 Å². The Bertz CT molecular complexity index is 1030. The first-order chi connectivity index (χ1) is 14.4. The fraction of sp³-hybridized carbons (Fsp3) is 0.375. The first kappa shape index (κ1) is 22.2. The monoisotopic (exact) mass is 425 g/mol. The summed E-state index contributed by atoms with van der Waals surface area (Å²) in [5.41, 5.74) is 3.36. The fourth-order valence-electron chi connectivity index (χ4n) is 3.43. The second-order valence-electron chi connectivity index (χ2n) is 7.80. The van der Waals surface area contributed by atoms with Gasteiger partial charge >= 0.3 is 0 Å². The first-order valence-electron chi connectivity index (χ1n) is 10.5. The van der Waals surface area contributed by atoms with E-state index in [-0.39, 0.29) is 5.16 Å². The molecule has 2 aromatic carbocycles. The van der Waals surface area contributed by atoms with Crippen molar-refractivity contribution in [2.75, 3.05) is 6.54 Å². The van der Waals surface area contributed by atoms with E-state index in [0.29, 0.717) is 13.1 Å². The van der Waals surface area contributed by atoms with E-state index in [2.05, 4.69) is 41.1 Å².